The highest BCUT2D eigenvalue weighted by Crippen LogP contribution is 2.52. The van der Waals surface area contributed by atoms with E-state index in [9.17, 15) is 18.0 Å². The van der Waals surface area contributed by atoms with Crippen LogP contribution in [0, 0.1) is 5.92 Å². The van der Waals surface area contributed by atoms with Gasteiger partial charge in [0.05, 0.1) is 12.0 Å². The summed E-state index contributed by atoms with van der Waals surface area (Å²) in [4.78, 5) is 26.6. The fraction of sp³-hybridized carbons (Fsp3) is 0.833. The molecule has 1 spiro atoms. The Morgan fingerprint density at radius 2 is 2.12 bits per heavy atom. The first kappa shape index (κ1) is 17.2. The Morgan fingerprint density at radius 1 is 1.36 bits per heavy atom. The number of amides is 2. The Morgan fingerprint density at radius 3 is 2.76 bits per heavy atom. The predicted octanol–water partition coefficient (Wildman–Crippen LogP) is -2.65. The van der Waals surface area contributed by atoms with Crippen LogP contribution in [0.3, 0.4) is 0 Å². The van der Waals surface area contributed by atoms with Crippen LogP contribution < -0.4 is 11.2 Å². The summed E-state index contributed by atoms with van der Waals surface area (Å²) in [6, 6.07) is -0.723. The first-order chi connectivity index (χ1) is 11.7. The van der Waals surface area contributed by atoms with Gasteiger partial charge in [-0.1, -0.05) is 5.06 Å². The molecule has 0 aliphatic carbocycles. The van der Waals surface area contributed by atoms with E-state index in [1.54, 1.807) is 4.90 Å². The molecule has 140 valence electrons. The molecule has 0 aromatic carbocycles. The maximum atomic E-state index is 12.7. The van der Waals surface area contributed by atoms with E-state index in [4.69, 9.17) is 15.1 Å². The van der Waals surface area contributed by atoms with Gasteiger partial charge in [-0.25, -0.2) is 15.8 Å². The van der Waals surface area contributed by atoms with Crippen LogP contribution >= 0.6 is 0 Å². The van der Waals surface area contributed by atoms with Gasteiger partial charge >= 0.3 is 10.4 Å². The maximum absolute atomic E-state index is 12.7. The fourth-order valence-corrected chi connectivity index (χ4v) is 4.38. The molecule has 25 heavy (non-hydrogen) atoms. The quantitative estimate of drug-likeness (QED) is 0.155. The normalized spacial score (nSPS) is 39.9. The SMILES string of the molecule is NN(C(=O)C1CCNC1)C(=O)[C@@H]1CCC23CN1C(O2)N3OS(=O)(=O)O. The van der Waals surface area contributed by atoms with Crippen molar-refractivity contribution in [3.63, 3.8) is 0 Å². The average molecular weight is 377 g/mol. The molecule has 4 N–H and O–H groups in total. The number of ether oxygens (including phenoxy) is 1. The van der Waals surface area contributed by atoms with Crippen molar-refractivity contribution in [3.05, 3.63) is 0 Å². The first-order valence-electron chi connectivity index (χ1n) is 7.95. The van der Waals surface area contributed by atoms with Crippen LogP contribution in [-0.4, -0.2) is 77.5 Å². The lowest BCUT2D eigenvalue weighted by Gasteiger charge is -2.45. The number of nitrogens with two attached hydrogens (primary N) is 1. The van der Waals surface area contributed by atoms with Crippen LogP contribution in [0.1, 0.15) is 19.3 Å². The third kappa shape index (κ3) is 2.67. The largest absolute Gasteiger partial charge is 0.414 e. The second kappa shape index (κ2) is 5.65. The Labute approximate surface area is 143 Å². The molecule has 0 aromatic heterocycles. The number of hydrogen-bond acceptors (Lipinski definition) is 10. The van der Waals surface area contributed by atoms with Crippen LogP contribution in [-0.2, 0) is 29.0 Å². The smallest absolute Gasteiger partial charge is 0.322 e. The number of carbonyl (C=O) groups excluding carboxylic acids is 2. The number of imide groups is 1. The van der Waals surface area contributed by atoms with Gasteiger partial charge in [-0.3, -0.25) is 14.1 Å². The highest BCUT2D eigenvalue weighted by molar-refractivity contribution is 7.80. The summed E-state index contributed by atoms with van der Waals surface area (Å²) in [5.74, 6) is 4.43. The molecule has 5 heterocycles. The lowest BCUT2D eigenvalue weighted by Crippen LogP contribution is -2.63. The van der Waals surface area contributed by atoms with E-state index >= 15 is 0 Å². The van der Waals surface area contributed by atoms with Gasteiger partial charge in [0.1, 0.15) is 0 Å². The fourth-order valence-electron chi connectivity index (χ4n) is 3.96. The Kier molecular flexibility index (Phi) is 3.90. The number of nitrogens with zero attached hydrogens (tertiary/aromatic N) is 3. The monoisotopic (exact) mass is 377 g/mol. The number of hydroxylamine groups is 2. The van der Waals surface area contributed by atoms with Gasteiger partial charge in [-0.15, -0.1) is 4.28 Å². The van der Waals surface area contributed by atoms with E-state index in [0.717, 1.165) is 5.06 Å². The summed E-state index contributed by atoms with van der Waals surface area (Å²) in [5.41, 5.74) is -1.00. The number of hydrogen-bond donors (Lipinski definition) is 3. The van der Waals surface area contributed by atoms with Gasteiger partial charge in [0.15, 0.2) is 12.1 Å². The average Bonchev–Trinajstić information content (AvgIpc) is 3.23. The molecule has 5 atom stereocenters. The second-order valence-corrected chi connectivity index (χ2v) is 7.69. The zero-order valence-corrected chi connectivity index (χ0v) is 14.0. The molecule has 5 fully saturated rings. The summed E-state index contributed by atoms with van der Waals surface area (Å²) < 4.78 is 41.0. The van der Waals surface area contributed by atoms with Gasteiger partial charge in [-0.2, -0.15) is 8.42 Å². The third-order valence-electron chi connectivity index (χ3n) is 5.19. The third-order valence-corrected chi connectivity index (χ3v) is 5.54. The molecule has 13 heteroatoms. The molecule has 0 radical (unpaired) electrons. The predicted molar refractivity (Wildman–Crippen MR) is 78.8 cm³/mol. The Balaban J connectivity index is 1.46. The van der Waals surface area contributed by atoms with Crippen molar-refractivity contribution < 1.29 is 31.6 Å². The molecule has 5 saturated heterocycles. The molecule has 12 nitrogen and oxygen atoms in total. The highest BCUT2D eigenvalue weighted by atomic mass is 32.3. The van der Waals surface area contributed by atoms with Gasteiger partial charge in [0.25, 0.3) is 5.91 Å². The molecule has 3 bridgehead atoms. The van der Waals surface area contributed by atoms with Crippen molar-refractivity contribution in [1.29, 1.82) is 0 Å². The van der Waals surface area contributed by atoms with Crippen molar-refractivity contribution in [2.75, 3.05) is 19.6 Å². The standard InChI is InChI=1S/C12H19N5O7S/c13-16(9(18)7-2-4-14-5-7)10(19)8-1-3-12-6-15(8)11(23-12)17(12)24-25(20,21)22/h7-8,11,14H,1-6,13H2,(H,20,21,22)/t7?,8-,11?,12?/m0/s1. The lowest BCUT2D eigenvalue weighted by molar-refractivity contribution is -0.415. The first-order valence-corrected chi connectivity index (χ1v) is 9.31. The summed E-state index contributed by atoms with van der Waals surface area (Å²) in [5, 5.41) is 4.73. The van der Waals surface area contributed by atoms with Gasteiger partial charge in [0.2, 0.25) is 5.91 Å². The molecule has 2 amide bonds. The summed E-state index contributed by atoms with van der Waals surface area (Å²) in [6.07, 6.45) is 0.331. The van der Waals surface area contributed by atoms with Crippen LogP contribution in [0.4, 0.5) is 0 Å². The zero-order valence-electron chi connectivity index (χ0n) is 13.2. The molecule has 0 aromatic rings. The number of piperidine rings is 1. The maximum Gasteiger partial charge on any atom is 0.414 e. The van der Waals surface area contributed by atoms with Crippen molar-refractivity contribution in [2.45, 2.75) is 37.4 Å². The van der Waals surface area contributed by atoms with E-state index in [-0.39, 0.29) is 12.5 Å². The van der Waals surface area contributed by atoms with Gasteiger partial charge in [-0.05, 0) is 25.8 Å². The summed E-state index contributed by atoms with van der Waals surface area (Å²) >= 11 is 0. The number of hydrazine groups is 1. The number of rotatable bonds is 4. The summed E-state index contributed by atoms with van der Waals surface area (Å²) in [6.45, 7) is 1.41. The molecule has 0 saturated carbocycles. The van der Waals surface area contributed by atoms with Crippen molar-refractivity contribution in [1.82, 2.24) is 20.3 Å². The second-order valence-electron chi connectivity index (χ2n) is 6.68. The molecule has 5 aliphatic rings. The zero-order chi connectivity index (χ0) is 18.0. The van der Waals surface area contributed by atoms with Crippen molar-refractivity contribution >= 4 is 22.2 Å². The minimum absolute atomic E-state index is 0.219. The van der Waals surface area contributed by atoms with Gasteiger partial charge < -0.3 is 10.1 Å². The topological polar surface area (TPSA) is 155 Å². The number of nitrogens with one attached hydrogen (secondary N) is 1. The van der Waals surface area contributed by atoms with E-state index in [1.807, 2.05) is 0 Å². The Hall–Kier alpha value is -1.19. The van der Waals surface area contributed by atoms with E-state index < -0.39 is 40.3 Å². The van der Waals surface area contributed by atoms with Crippen LogP contribution in [0.15, 0.2) is 0 Å². The minimum Gasteiger partial charge on any atom is -0.322 e. The highest BCUT2D eigenvalue weighted by Gasteiger charge is 2.70. The van der Waals surface area contributed by atoms with E-state index in [1.165, 1.54) is 0 Å². The van der Waals surface area contributed by atoms with Crippen LogP contribution in [0.2, 0.25) is 0 Å². The van der Waals surface area contributed by atoms with E-state index in [0.29, 0.717) is 37.4 Å². The van der Waals surface area contributed by atoms with Gasteiger partial charge in [0, 0.05) is 13.1 Å². The minimum atomic E-state index is -4.69. The molecular weight excluding hydrogens is 358 g/mol. The van der Waals surface area contributed by atoms with Crippen molar-refractivity contribution in [2.24, 2.45) is 11.8 Å². The van der Waals surface area contributed by atoms with Crippen LogP contribution in [0.25, 0.3) is 0 Å². The lowest BCUT2D eigenvalue weighted by atomic mass is 9.97. The Bertz CT molecular complexity index is 711. The number of carbonyl (C=O) groups is 2. The molecule has 4 unspecified atom stereocenters. The van der Waals surface area contributed by atoms with Crippen LogP contribution in [0.5, 0.6) is 0 Å². The molecule has 5 rings (SSSR count). The summed E-state index contributed by atoms with van der Waals surface area (Å²) in [7, 11) is -4.69. The van der Waals surface area contributed by atoms with Crippen molar-refractivity contribution in [3.8, 4) is 0 Å². The molecular formula is C12H19N5O7S. The van der Waals surface area contributed by atoms with E-state index in [2.05, 4.69) is 9.60 Å². The molecule has 5 aliphatic heterocycles.